The zero-order valence-corrected chi connectivity index (χ0v) is 15.3. The number of primary amides is 1. The number of pyridine rings is 1. The van der Waals surface area contributed by atoms with Crippen LogP contribution in [-0.2, 0) is 5.41 Å². The van der Waals surface area contributed by atoms with Gasteiger partial charge in [0.2, 0.25) is 0 Å². The maximum absolute atomic E-state index is 12.1. The largest absolute Gasteiger partial charge is 0.366 e. The van der Waals surface area contributed by atoms with Crippen molar-refractivity contribution in [2.75, 3.05) is 0 Å². The molecule has 3 nitrogen and oxygen atoms in total. The van der Waals surface area contributed by atoms with Crippen LogP contribution < -0.4 is 5.73 Å². The lowest BCUT2D eigenvalue weighted by molar-refractivity contribution is 0.0997. The summed E-state index contributed by atoms with van der Waals surface area (Å²) in [7, 11) is 0. The number of benzene rings is 2. The second kappa shape index (κ2) is 7.01. The zero-order valence-electron chi connectivity index (χ0n) is 15.3. The summed E-state index contributed by atoms with van der Waals surface area (Å²) >= 11 is 0. The number of rotatable bonds is 3. The Labute approximate surface area is 154 Å². The molecule has 0 saturated carbocycles. The molecule has 1 aromatic heterocycles. The second-order valence-corrected chi connectivity index (χ2v) is 6.91. The van der Waals surface area contributed by atoms with Gasteiger partial charge in [-0.05, 0) is 37.1 Å². The van der Waals surface area contributed by atoms with Crippen molar-refractivity contribution in [2.45, 2.75) is 26.2 Å². The third-order valence-electron chi connectivity index (χ3n) is 4.88. The lowest BCUT2D eigenvalue weighted by Crippen LogP contribution is -2.32. The number of hydrogen-bond donors (Lipinski definition) is 1. The van der Waals surface area contributed by atoms with Crippen LogP contribution in [0.2, 0.25) is 0 Å². The Morgan fingerprint density at radius 3 is 2.38 bits per heavy atom. The molecule has 0 bridgehead atoms. The molecule has 1 amide bonds. The van der Waals surface area contributed by atoms with E-state index < -0.39 is 11.3 Å². The van der Waals surface area contributed by atoms with Gasteiger partial charge in [-0.1, -0.05) is 62.1 Å². The maximum Gasteiger partial charge on any atom is 0.250 e. The molecule has 26 heavy (non-hydrogen) atoms. The third kappa shape index (κ3) is 3.32. The summed E-state index contributed by atoms with van der Waals surface area (Å²) in [4.78, 5) is 16.9. The number of fused-ring (bicyclic) bond motifs is 1. The fourth-order valence-electron chi connectivity index (χ4n) is 2.90. The molecular weight excluding hydrogens is 320 g/mol. The van der Waals surface area contributed by atoms with Gasteiger partial charge in [0.05, 0.1) is 22.2 Å². The highest BCUT2D eigenvalue weighted by molar-refractivity contribution is 5.98. The first-order valence-electron chi connectivity index (χ1n) is 8.70. The SMILES string of the molecule is CC(C)C(C)(C#Cc1ccccc1)c1nc2ccccc2cc1C(N)=O. The van der Waals surface area contributed by atoms with Crippen LogP contribution in [0, 0.1) is 17.8 Å². The molecule has 0 radical (unpaired) electrons. The molecule has 130 valence electrons. The molecule has 1 heterocycles. The molecule has 0 aliphatic rings. The standard InChI is InChI=1S/C23H22N2O/c1-16(2)23(3,14-13-17-9-5-4-6-10-17)21-19(22(24)26)15-18-11-7-8-12-20(18)25-21/h4-12,15-16H,1-3H3,(H2,24,26). The van der Waals surface area contributed by atoms with E-state index in [1.54, 1.807) is 0 Å². The molecule has 1 unspecified atom stereocenters. The van der Waals surface area contributed by atoms with E-state index in [4.69, 9.17) is 10.7 Å². The molecule has 0 fully saturated rings. The Morgan fingerprint density at radius 1 is 1.08 bits per heavy atom. The highest BCUT2D eigenvalue weighted by Gasteiger charge is 2.34. The number of para-hydroxylation sites is 1. The first-order valence-corrected chi connectivity index (χ1v) is 8.70. The fraction of sp³-hybridized carbons (Fsp3) is 0.217. The first kappa shape index (κ1) is 17.7. The van der Waals surface area contributed by atoms with Crippen LogP contribution in [-0.4, -0.2) is 10.9 Å². The van der Waals surface area contributed by atoms with Gasteiger partial charge < -0.3 is 5.73 Å². The van der Waals surface area contributed by atoms with Gasteiger partial charge in [0.15, 0.2) is 0 Å². The fourth-order valence-corrected chi connectivity index (χ4v) is 2.90. The van der Waals surface area contributed by atoms with Crippen LogP contribution >= 0.6 is 0 Å². The van der Waals surface area contributed by atoms with Crippen molar-refractivity contribution in [3.05, 3.63) is 77.5 Å². The highest BCUT2D eigenvalue weighted by atomic mass is 16.1. The number of carbonyl (C=O) groups is 1. The minimum absolute atomic E-state index is 0.144. The van der Waals surface area contributed by atoms with Crippen molar-refractivity contribution < 1.29 is 4.79 Å². The molecule has 3 rings (SSSR count). The third-order valence-corrected chi connectivity index (χ3v) is 4.88. The van der Waals surface area contributed by atoms with Crippen LogP contribution in [0.4, 0.5) is 0 Å². The second-order valence-electron chi connectivity index (χ2n) is 6.91. The lowest BCUT2D eigenvalue weighted by Gasteiger charge is -2.29. The smallest absolute Gasteiger partial charge is 0.250 e. The summed E-state index contributed by atoms with van der Waals surface area (Å²) < 4.78 is 0. The number of carbonyl (C=O) groups excluding carboxylic acids is 1. The molecule has 2 aromatic carbocycles. The number of hydrogen-bond acceptors (Lipinski definition) is 2. The summed E-state index contributed by atoms with van der Waals surface area (Å²) in [6.07, 6.45) is 0. The summed E-state index contributed by atoms with van der Waals surface area (Å²) in [6, 6.07) is 19.4. The van der Waals surface area contributed by atoms with E-state index in [2.05, 4.69) is 25.7 Å². The van der Waals surface area contributed by atoms with Crippen molar-refractivity contribution in [3.63, 3.8) is 0 Å². The summed E-state index contributed by atoms with van der Waals surface area (Å²) in [5, 5.41) is 0.896. The molecule has 0 aliphatic carbocycles. The van der Waals surface area contributed by atoms with Crippen LogP contribution in [0.25, 0.3) is 10.9 Å². The minimum atomic E-state index is -0.607. The van der Waals surface area contributed by atoms with Gasteiger partial charge in [-0.3, -0.25) is 9.78 Å². The van der Waals surface area contributed by atoms with E-state index in [-0.39, 0.29) is 5.92 Å². The van der Waals surface area contributed by atoms with Crippen molar-refractivity contribution in [1.29, 1.82) is 0 Å². The number of nitrogens with zero attached hydrogens (tertiary/aromatic N) is 1. The molecule has 0 spiro atoms. The zero-order chi connectivity index (χ0) is 18.7. The quantitative estimate of drug-likeness (QED) is 0.722. The van der Waals surface area contributed by atoms with Crippen LogP contribution in [0.5, 0.6) is 0 Å². The van der Waals surface area contributed by atoms with E-state index in [9.17, 15) is 4.79 Å². The van der Waals surface area contributed by atoms with Crippen LogP contribution in [0.1, 0.15) is 42.4 Å². The predicted octanol–water partition coefficient (Wildman–Crippen LogP) is 4.30. The van der Waals surface area contributed by atoms with Crippen LogP contribution in [0.15, 0.2) is 60.7 Å². The maximum atomic E-state index is 12.1. The summed E-state index contributed by atoms with van der Waals surface area (Å²) in [6.45, 7) is 6.19. The van der Waals surface area contributed by atoms with Crippen molar-refractivity contribution >= 4 is 16.8 Å². The van der Waals surface area contributed by atoms with E-state index >= 15 is 0 Å². The average molecular weight is 342 g/mol. The molecular formula is C23H22N2O. The molecule has 3 heteroatoms. The Bertz CT molecular complexity index is 1010. The lowest BCUT2D eigenvalue weighted by atomic mass is 9.74. The molecule has 1 atom stereocenters. The summed E-state index contributed by atoms with van der Waals surface area (Å²) in [5.41, 5.74) is 7.91. The number of nitrogens with two attached hydrogens (primary N) is 1. The van der Waals surface area contributed by atoms with Crippen molar-refractivity contribution in [1.82, 2.24) is 4.98 Å². The first-order chi connectivity index (χ1) is 12.4. The Hall–Kier alpha value is -3.12. The Balaban J connectivity index is 2.23. The highest BCUT2D eigenvalue weighted by Crippen LogP contribution is 2.34. The van der Waals surface area contributed by atoms with E-state index in [0.29, 0.717) is 11.3 Å². The van der Waals surface area contributed by atoms with Crippen molar-refractivity contribution in [3.8, 4) is 11.8 Å². The monoisotopic (exact) mass is 342 g/mol. The summed E-state index contributed by atoms with van der Waals surface area (Å²) in [5.74, 6) is 6.27. The van der Waals surface area contributed by atoms with Crippen molar-refractivity contribution in [2.24, 2.45) is 11.7 Å². The van der Waals surface area contributed by atoms with Gasteiger partial charge >= 0.3 is 0 Å². The van der Waals surface area contributed by atoms with Gasteiger partial charge in [0.1, 0.15) is 0 Å². The molecule has 2 N–H and O–H groups in total. The van der Waals surface area contributed by atoms with E-state index in [0.717, 1.165) is 16.5 Å². The number of aromatic nitrogens is 1. The predicted molar refractivity (Wildman–Crippen MR) is 106 cm³/mol. The number of amides is 1. The van der Waals surface area contributed by atoms with Gasteiger partial charge in [-0.15, -0.1) is 0 Å². The van der Waals surface area contributed by atoms with Gasteiger partial charge in [-0.25, -0.2) is 0 Å². The van der Waals surface area contributed by atoms with E-state index in [1.165, 1.54) is 0 Å². The molecule has 0 saturated heterocycles. The normalized spacial score (nSPS) is 13.1. The Morgan fingerprint density at radius 2 is 1.73 bits per heavy atom. The Kier molecular flexibility index (Phi) is 4.77. The van der Waals surface area contributed by atoms with Crippen LogP contribution in [0.3, 0.4) is 0 Å². The topological polar surface area (TPSA) is 56.0 Å². The molecule has 0 aliphatic heterocycles. The molecule has 3 aromatic rings. The minimum Gasteiger partial charge on any atom is -0.366 e. The van der Waals surface area contributed by atoms with Gasteiger partial charge in [0, 0.05) is 10.9 Å². The average Bonchev–Trinajstić information content (AvgIpc) is 2.65. The van der Waals surface area contributed by atoms with Gasteiger partial charge in [0.25, 0.3) is 5.91 Å². The van der Waals surface area contributed by atoms with E-state index in [1.807, 2.05) is 67.6 Å². The van der Waals surface area contributed by atoms with Gasteiger partial charge in [-0.2, -0.15) is 0 Å².